The zero-order chi connectivity index (χ0) is 10.1. The lowest BCUT2D eigenvalue weighted by Gasteiger charge is -2.10. The van der Waals surface area contributed by atoms with Crippen molar-refractivity contribution < 1.29 is 23.4 Å². The summed E-state index contributed by atoms with van der Waals surface area (Å²) < 4.78 is 30.0. The molecule has 0 atom stereocenters. The van der Waals surface area contributed by atoms with Crippen molar-refractivity contribution in [2.75, 3.05) is 5.23 Å². The smallest absolute Gasteiger partial charge is 0.282 e. The number of para-hydroxylation sites is 1. The van der Waals surface area contributed by atoms with Crippen LogP contribution in [0.4, 0.5) is 5.69 Å². The van der Waals surface area contributed by atoms with Crippen LogP contribution >= 0.6 is 0 Å². The molecule has 0 unspecified atom stereocenters. The zero-order valence-corrected chi connectivity index (χ0v) is 7.14. The van der Waals surface area contributed by atoms with Crippen LogP contribution < -0.4 is 5.23 Å². The average Bonchev–Trinajstić information content (AvgIpc) is 2.03. The SMILES string of the molecule is O=S(=O)(O)c1ccccc1N(O)O. The highest BCUT2D eigenvalue weighted by Gasteiger charge is 2.17. The van der Waals surface area contributed by atoms with Crippen LogP contribution in [0.1, 0.15) is 0 Å². The van der Waals surface area contributed by atoms with E-state index in [4.69, 9.17) is 15.0 Å². The lowest BCUT2D eigenvalue weighted by Crippen LogP contribution is -2.15. The minimum atomic E-state index is -4.44. The Kier molecular flexibility index (Phi) is 2.52. The van der Waals surface area contributed by atoms with Gasteiger partial charge in [-0.05, 0) is 12.1 Å². The molecule has 0 radical (unpaired) electrons. The molecule has 0 aliphatic heterocycles. The van der Waals surface area contributed by atoms with E-state index in [1.54, 1.807) is 0 Å². The Labute approximate surface area is 74.3 Å². The van der Waals surface area contributed by atoms with Crippen LogP contribution in [0.2, 0.25) is 0 Å². The summed E-state index contributed by atoms with van der Waals surface area (Å²) in [6, 6.07) is 4.91. The third kappa shape index (κ3) is 2.16. The first kappa shape index (κ1) is 9.93. The van der Waals surface area contributed by atoms with Gasteiger partial charge in [0, 0.05) is 0 Å². The first-order chi connectivity index (χ1) is 5.93. The molecule has 1 rings (SSSR count). The van der Waals surface area contributed by atoms with Crippen molar-refractivity contribution in [3.05, 3.63) is 24.3 Å². The quantitative estimate of drug-likeness (QED) is 0.481. The van der Waals surface area contributed by atoms with Gasteiger partial charge in [0.2, 0.25) is 0 Å². The van der Waals surface area contributed by atoms with E-state index in [9.17, 15) is 8.42 Å². The van der Waals surface area contributed by atoms with Crippen molar-refractivity contribution in [2.45, 2.75) is 4.90 Å². The number of anilines is 1. The van der Waals surface area contributed by atoms with E-state index in [0.29, 0.717) is 0 Å². The van der Waals surface area contributed by atoms with Crippen LogP contribution in [0.5, 0.6) is 0 Å². The van der Waals surface area contributed by atoms with Crippen molar-refractivity contribution in [2.24, 2.45) is 0 Å². The van der Waals surface area contributed by atoms with Gasteiger partial charge in [-0.15, -0.1) is 5.23 Å². The molecule has 7 heteroatoms. The molecular formula is C6H7NO5S. The minimum Gasteiger partial charge on any atom is -0.282 e. The van der Waals surface area contributed by atoms with Crippen molar-refractivity contribution in [3.63, 3.8) is 0 Å². The molecule has 3 N–H and O–H groups in total. The fraction of sp³-hybridized carbons (Fsp3) is 0. The maximum atomic E-state index is 10.7. The largest absolute Gasteiger partial charge is 0.296 e. The van der Waals surface area contributed by atoms with E-state index in [1.165, 1.54) is 12.1 Å². The van der Waals surface area contributed by atoms with Crippen LogP contribution in [0.3, 0.4) is 0 Å². The van der Waals surface area contributed by atoms with Crippen LogP contribution in [0.15, 0.2) is 29.2 Å². The highest BCUT2D eigenvalue weighted by Crippen LogP contribution is 2.21. The second-order valence-electron chi connectivity index (χ2n) is 2.23. The van der Waals surface area contributed by atoms with E-state index >= 15 is 0 Å². The Morgan fingerprint density at radius 1 is 1.15 bits per heavy atom. The topological polar surface area (TPSA) is 98.1 Å². The summed E-state index contributed by atoms with van der Waals surface area (Å²) in [6.45, 7) is 0. The Balaban J connectivity index is 3.37. The van der Waals surface area contributed by atoms with Crippen LogP contribution in [-0.4, -0.2) is 23.4 Å². The molecule has 0 heterocycles. The number of benzene rings is 1. The van der Waals surface area contributed by atoms with Gasteiger partial charge < -0.3 is 0 Å². The molecule has 0 saturated heterocycles. The maximum Gasteiger partial charge on any atom is 0.296 e. The van der Waals surface area contributed by atoms with Gasteiger partial charge in [-0.2, -0.15) is 8.42 Å². The average molecular weight is 205 g/mol. The summed E-state index contributed by atoms with van der Waals surface area (Å²) in [5, 5.41) is 16.8. The molecule has 0 spiro atoms. The Hall–Kier alpha value is -1.15. The molecule has 72 valence electrons. The van der Waals surface area contributed by atoms with E-state index in [-0.39, 0.29) is 5.23 Å². The van der Waals surface area contributed by atoms with E-state index in [1.807, 2.05) is 0 Å². The summed E-state index contributed by atoms with van der Waals surface area (Å²) in [5.41, 5.74) is -0.412. The molecule has 1 aromatic carbocycles. The van der Waals surface area contributed by atoms with Crippen LogP contribution in [-0.2, 0) is 10.1 Å². The van der Waals surface area contributed by atoms with Crippen LogP contribution in [0.25, 0.3) is 0 Å². The lowest BCUT2D eigenvalue weighted by atomic mass is 10.3. The Morgan fingerprint density at radius 3 is 2.08 bits per heavy atom. The van der Waals surface area contributed by atoms with Gasteiger partial charge in [0.05, 0.1) is 0 Å². The van der Waals surface area contributed by atoms with Gasteiger partial charge in [0.1, 0.15) is 10.6 Å². The third-order valence-corrected chi connectivity index (χ3v) is 2.26. The monoisotopic (exact) mass is 205 g/mol. The fourth-order valence-corrected chi connectivity index (χ4v) is 1.51. The summed E-state index contributed by atoms with van der Waals surface area (Å²) in [6.07, 6.45) is 0. The molecular weight excluding hydrogens is 198 g/mol. The first-order valence-corrected chi connectivity index (χ1v) is 4.61. The minimum absolute atomic E-state index is 0.372. The van der Waals surface area contributed by atoms with Gasteiger partial charge >= 0.3 is 0 Å². The molecule has 0 aliphatic rings. The molecule has 0 aliphatic carbocycles. The molecule has 0 saturated carbocycles. The van der Waals surface area contributed by atoms with E-state index in [2.05, 4.69) is 0 Å². The third-order valence-electron chi connectivity index (χ3n) is 1.36. The number of hydrogen-bond acceptors (Lipinski definition) is 5. The Morgan fingerprint density at radius 2 is 1.69 bits per heavy atom. The number of hydrogen-bond donors (Lipinski definition) is 3. The Bertz CT molecular complexity index is 399. The van der Waals surface area contributed by atoms with Gasteiger partial charge in [-0.1, -0.05) is 12.1 Å². The fourth-order valence-electron chi connectivity index (χ4n) is 0.841. The summed E-state index contributed by atoms with van der Waals surface area (Å²) >= 11 is 0. The van der Waals surface area contributed by atoms with Crippen molar-refractivity contribution in [1.82, 2.24) is 0 Å². The molecule has 0 fully saturated rings. The first-order valence-electron chi connectivity index (χ1n) is 3.17. The molecule has 0 amide bonds. The predicted octanol–water partition coefficient (Wildman–Crippen LogP) is 0.518. The van der Waals surface area contributed by atoms with Gasteiger partial charge in [0.15, 0.2) is 0 Å². The summed E-state index contributed by atoms with van der Waals surface area (Å²) in [5.74, 6) is 0. The molecule has 13 heavy (non-hydrogen) atoms. The van der Waals surface area contributed by atoms with Gasteiger partial charge in [-0.3, -0.25) is 15.0 Å². The summed E-state index contributed by atoms with van der Waals surface area (Å²) in [7, 11) is -4.44. The normalized spacial score (nSPS) is 11.3. The van der Waals surface area contributed by atoms with E-state index in [0.717, 1.165) is 12.1 Å². The van der Waals surface area contributed by atoms with Crippen molar-refractivity contribution in [3.8, 4) is 0 Å². The second kappa shape index (κ2) is 3.30. The summed E-state index contributed by atoms with van der Waals surface area (Å²) in [4.78, 5) is -0.569. The van der Waals surface area contributed by atoms with Crippen molar-refractivity contribution in [1.29, 1.82) is 0 Å². The van der Waals surface area contributed by atoms with Crippen LogP contribution in [0, 0.1) is 0 Å². The highest BCUT2D eigenvalue weighted by atomic mass is 32.2. The molecule has 0 aromatic heterocycles. The van der Waals surface area contributed by atoms with Gasteiger partial charge in [-0.25, -0.2) is 0 Å². The lowest BCUT2D eigenvalue weighted by molar-refractivity contribution is 0.0275. The molecule has 0 bridgehead atoms. The maximum absolute atomic E-state index is 10.7. The van der Waals surface area contributed by atoms with Gasteiger partial charge in [0.25, 0.3) is 10.1 Å². The standard InChI is InChI=1S/C6H7NO5S/c8-7(9)5-3-1-2-4-6(5)13(10,11)12/h1-4,8-9H,(H,10,11,12). The van der Waals surface area contributed by atoms with Crippen molar-refractivity contribution >= 4 is 15.8 Å². The number of rotatable bonds is 2. The molecule has 6 nitrogen and oxygen atoms in total. The zero-order valence-electron chi connectivity index (χ0n) is 6.32. The predicted molar refractivity (Wildman–Crippen MR) is 42.3 cm³/mol. The van der Waals surface area contributed by atoms with E-state index < -0.39 is 20.7 Å². The second-order valence-corrected chi connectivity index (χ2v) is 3.62. The molecule has 1 aromatic rings. The number of nitrogens with zero attached hydrogens (tertiary/aromatic N) is 1. The highest BCUT2D eigenvalue weighted by molar-refractivity contribution is 7.86.